The number of rotatable bonds is 1. The Kier molecular flexibility index (Phi) is 2.75. The van der Waals surface area contributed by atoms with Crippen LogP contribution in [0.15, 0.2) is 12.1 Å². The summed E-state index contributed by atoms with van der Waals surface area (Å²) in [6.45, 7) is 2.73. The summed E-state index contributed by atoms with van der Waals surface area (Å²) < 4.78 is 37.6. The molecule has 82 valence electrons. The zero-order chi connectivity index (χ0) is 11.8. The minimum atomic E-state index is -4.46. The van der Waals surface area contributed by atoms with Crippen molar-refractivity contribution in [2.45, 2.75) is 20.0 Å². The summed E-state index contributed by atoms with van der Waals surface area (Å²) in [4.78, 5) is 10.9. The molecule has 0 saturated carbocycles. The van der Waals surface area contributed by atoms with Crippen molar-refractivity contribution in [3.63, 3.8) is 0 Å². The van der Waals surface area contributed by atoms with Gasteiger partial charge >= 0.3 is 6.18 Å². The Morgan fingerprint density at radius 3 is 2.20 bits per heavy atom. The van der Waals surface area contributed by atoms with Crippen molar-refractivity contribution in [3.8, 4) is 0 Å². The van der Waals surface area contributed by atoms with Gasteiger partial charge in [0.2, 0.25) is 5.91 Å². The van der Waals surface area contributed by atoms with E-state index in [1.807, 2.05) is 0 Å². The molecule has 0 radical (unpaired) electrons. The van der Waals surface area contributed by atoms with Crippen LogP contribution in [0.1, 0.15) is 27.0 Å². The zero-order valence-corrected chi connectivity index (χ0v) is 8.27. The largest absolute Gasteiger partial charge is 0.416 e. The Hall–Kier alpha value is -1.52. The summed E-state index contributed by atoms with van der Waals surface area (Å²) >= 11 is 0. The zero-order valence-electron chi connectivity index (χ0n) is 8.27. The van der Waals surface area contributed by atoms with Crippen molar-refractivity contribution in [1.29, 1.82) is 0 Å². The molecule has 0 heterocycles. The fraction of sp³-hybridized carbons (Fsp3) is 0.300. The van der Waals surface area contributed by atoms with E-state index in [-0.39, 0.29) is 11.1 Å². The lowest BCUT2D eigenvalue weighted by Gasteiger charge is -2.13. The topological polar surface area (TPSA) is 43.1 Å². The Bertz CT molecular complexity index is 410. The Labute approximate surface area is 84.9 Å². The number of primary amides is 1. The molecule has 1 aromatic rings. The molecule has 2 N–H and O–H groups in total. The van der Waals surface area contributed by atoms with Gasteiger partial charge in [0.15, 0.2) is 0 Å². The first-order valence-corrected chi connectivity index (χ1v) is 4.21. The number of benzene rings is 1. The van der Waals surface area contributed by atoms with E-state index in [0.717, 1.165) is 6.07 Å². The highest BCUT2D eigenvalue weighted by atomic mass is 19.4. The highest BCUT2D eigenvalue weighted by Crippen LogP contribution is 2.33. The Balaban J connectivity index is 3.49. The summed E-state index contributed by atoms with van der Waals surface area (Å²) in [5.41, 5.74) is 4.34. The average Bonchev–Trinajstić information content (AvgIpc) is 2.06. The molecule has 0 aliphatic rings. The third-order valence-corrected chi connectivity index (χ3v) is 2.12. The fourth-order valence-electron chi connectivity index (χ4n) is 1.41. The SMILES string of the molecule is Cc1cc(C(N)=O)c(C)c(C(F)(F)F)c1. The molecule has 15 heavy (non-hydrogen) atoms. The molecule has 1 rings (SSSR count). The van der Waals surface area contributed by atoms with Crippen LogP contribution >= 0.6 is 0 Å². The number of alkyl halides is 3. The molecule has 0 aliphatic carbocycles. The monoisotopic (exact) mass is 217 g/mol. The number of aryl methyl sites for hydroxylation is 1. The maximum atomic E-state index is 12.5. The molecule has 0 bridgehead atoms. The summed E-state index contributed by atoms with van der Waals surface area (Å²) in [6.07, 6.45) is -4.46. The minimum absolute atomic E-state index is 0.0812. The quantitative estimate of drug-likeness (QED) is 0.771. The van der Waals surface area contributed by atoms with Gasteiger partial charge in [-0.05, 0) is 37.1 Å². The van der Waals surface area contributed by atoms with Gasteiger partial charge in [-0.2, -0.15) is 13.2 Å². The third kappa shape index (κ3) is 2.29. The molecular formula is C10H10F3NO. The lowest BCUT2D eigenvalue weighted by molar-refractivity contribution is -0.138. The molecule has 5 heteroatoms. The van der Waals surface area contributed by atoms with Crippen LogP contribution in [-0.4, -0.2) is 5.91 Å². The first-order valence-electron chi connectivity index (χ1n) is 4.21. The van der Waals surface area contributed by atoms with Gasteiger partial charge in [-0.15, -0.1) is 0 Å². The molecule has 0 spiro atoms. The van der Waals surface area contributed by atoms with Crippen LogP contribution in [0.25, 0.3) is 0 Å². The van der Waals surface area contributed by atoms with Gasteiger partial charge in [0.1, 0.15) is 0 Å². The summed E-state index contributed by atoms with van der Waals surface area (Å²) in [7, 11) is 0. The van der Waals surface area contributed by atoms with Crippen molar-refractivity contribution < 1.29 is 18.0 Å². The van der Waals surface area contributed by atoms with Gasteiger partial charge < -0.3 is 5.73 Å². The van der Waals surface area contributed by atoms with E-state index in [1.54, 1.807) is 0 Å². The highest BCUT2D eigenvalue weighted by molar-refractivity contribution is 5.94. The molecule has 0 unspecified atom stereocenters. The maximum Gasteiger partial charge on any atom is 0.416 e. The van der Waals surface area contributed by atoms with Gasteiger partial charge in [-0.1, -0.05) is 0 Å². The maximum absolute atomic E-state index is 12.5. The second-order valence-electron chi connectivity index (χ2n) is 3.35. The van der Waals surface area contributed by atoms with Crippen molar-refractivity contribution in [2.75, 3.05) is 0 Å². The van der Waals surface area contributed by atoms with Crippen LogP contribution in [0.4, 0.5) is 13.2 Å². The highest BCUT2D eigenvalue weighted by Gasteiger charge is 2.33. The second-order valence-corrected chi connectivity index (χ2v) is 3.35. The Morgan fingerprint density at radius 2 is 1.80 bits per heavy atom. The number of hydrogen-bond acceptors (Lipinski definition) is 1. The van der Waals surface area contributed by atoms with E-state index in [2.05, 4.69) is 0 Å². The summed E-state index contributed by atoms with van der Waals surface area (Å²) in [5, 5.41) is 0. The van der Waals surface area contributed by atoms with Crippen LogP contribution in [0.2, 0.25) is 0 Å². The van der Waals surface area contributed by atoms with Crippen LogP contribution in [-0.2, 0) is 6.18 Å². The van der Waals surface area contributed by atoms with Gasteiger partial charge in [0, 0.05) is 5.56 Å². The van der Waals surface area contributed by atoms with E-state index >= 15 is 0 Å². The number of carbonyl (C=O) groups excluding carboxylic acids is 1. The first-order chi connectivity index (χ1) is 6.73. The molecule has 0 fully saturated rings. The number of amides is 1. The standard InChI is InChI=1S/C10H10F3NO/c1-5-3-7(9(14)15)6(2)8(4-5)10(11,12)13/h3-4H,1-2H3,(H2,14,15). The van der Waals surface area contributed by atoms with Gasteiger partial charge in [0.25, 0.3) is 0 Å². The number of halogens is 3. The van der Waals surface area contributed by atoms with Crippen LogP contribution < -0.4 is 5.73 Å². The van der Waals surface area contributed by atoms with Crippen molar-refractivity contribution in [1.82, 2.24) is 0 Å². The van der Waals surface area contributed by atoms with E-state index in [4.69, 9.17) is 5.73 Å². The molecule has 0 aromatic heterocycles. The number of hydrogen-bond donors (Lipinski definition) is 1. The lowest BCUT2D eigenvalue weighted by Crippen LogP contribution is -2.17. The smallest absolute Gasteiger partial charge is 0.366 e. The van der Waals surface area contributed by atoms with Crippen molar-refractivity contribution >= 4 is 5.91 Å². The number of carbonyl (C=O) groups is 1. The molecule has 2 nitrogen and oxygen atoms in total. The van der Waals surface area contributed by atoms with Crippen LogP contribution in [0.5, 0.6) is 0 Å². The molecule has 0 saturated heterocycles. The molecule has 0 aliphatic heterocycles. The fourth-order valence-corrected chi connectivity index (χ4v) is 1.41. The van der Waals surface area contributed by atoms with Gasteiger partial charge in [-0.25, -0.2) is 0 Å². The van der Waals surface area contributed by atoms with Gasteiger partial charge in [-0.3, -0.25) is 4.79 Å². The van der Waals surface area contributed by atoms with Crippen molar-refractivity contribution in [2.24, 2.45) is 5.73 Å². The molecule has 1 aromatic carbocycles. The van der Waals surface area contributed by atoms with E-state index < -0.39 is 17.6 Å². The van der Waals surface area contributed by atoms with E-state index in [9.17, 15) is 18.0 Å². The van der Waals surface area contributed by atoms with Crippen LogP contribution in [0.3, 0.4) is 0 Å². The predicted molar refractivity (Wildman–Crippen MR) is 49.4 cm³/mol. The summed E-state index contributed by atoms with van der Waals surface area (Å²) in [5.74, 6) is -0.846. The normalized spacial score (nSPS) is 11.5. The molecule has 1 amide bonds. The lowest BCUT2D eigenvalue weighted by atomic mass is 9.98. The number of nitrogens with two attached hydrogens (primary N) is 1. The van der Waals surface area contributed by atoms with Crippen LogP contribution in [0, 0.1) is 13.8 Å². The summed E-state index contributed by atoms with van der Waals surface area (Å²) in [6, 6.07) is 2.36. The minimum Gasteiger partial charge on any atom is -0.366 e. The first kappa shape index (κ1) is 11.6. The second kappa shape index (κ2) is 3.56. The van der Waals surface area contributed by atoms with Crippen molar-refractivity contribution in [3.05, 3.63) is 34.4 Å². The van der Waals surface area contributed by atoms with E-state index in [0.29, 0.717) is 5.56 Å². The molecule has 0 atom stereocenters. The molecular weight excluding hydrogens is 207 g/mol. The third-order valence-electron chi connectivity index (χ3n) is 2.12. The average molecular weight is 217 g/mol. The Morgan fingerprint density at radius 1 is 1.27 bits per heavy atom. The van der Waals surface area contributed by atoms with E-state index in [1.165, 1.54) is 19.9 Å². The van der Waals surface area contributed by atoms with Gasteiger partial charge in [0.05, 0.1) is 5.56 Å². The predicted octanol–water partition coefficient (Wildman–Crippen LogP) is 2.42.